The van der Waals surface area contributed by atoms with Crippen molar-refractivity contribution in [2.45, 2.75) is 0 Å². The molecule has 0 atom stereocenters. The van der Waals surface area contributed by atoms with E-state index in [1.165, 1.54) is 189 Å². The Labute approximate surface area is 595 Å². The molecule has 0 fully saturated rings. The lowest BCUT2D eigenvalue weighted by Crippen LogP contribution is -1.94. The molecule has 0 bridgehead atoms. The van der Waals surface area contributed by atoms with Crippen LogP contribution in [0.2, 0.25) is 0 Å². The minimum atomic E-state index is 1.16. The Hall–Kier alpha value is -12.8. The topological polar surface area (TPSA) is 19.7 Å². The van der Waals surface area contributed by atoms with E-state index >= 15 is 0 Å². The van der Waals surface area contributed by atoms with E-state index < -0.39 is 0 Å². The van der Waals surface area contributed by atoms with Gasteiger partial charge in [-0.3, -0.25) is 0 Å². The van der Waals surface area contributed by atoms with Gasteiger partial charge in [-0.05, 0) is 172 Å². The van der Waals surface area contributed by atoms with E-state index in [0.717, 1.165) is 5.69 Å². The lowest BCUT2D eigenvalue weighted by molar-refractivity contribution is 1.18. The average Bonchev–Trinajstić information content (AvgIpc) is 1.57. The summed E-state index contributed by atoms with van der Waals surface area (Å²) < 4.78 is 15.0. The summed E-state index contributed by atoms with van der Waals surface area (Å²) in [6, 6.07) is 133. The Morgan fingerprint density at radius 1 is 0.167 bits per heavy atom. The third-order valence-corrected chi connectivity index (χ3v) is 23.5. The smallest absolute Gasteiger partial charge is 0.0640 e. The van der Waals surface area contributed by atoms with Crippen LogP contribution in [-0.4, -0.2) is 18.3 Å². The highest BCUT2D eigenvalue weighted by Gasteiger charge is 2.22. The Morgan fingerprint density at radius 2 is 0.529 bits per heavy atom. The molecule has 0 aliphatic carbocycles. The molecule has 0 saturated carbocycles. The van der Waals surface area contributed by atoms with Gasteiger partial charge in [0.05, 0.1) is 54.5 Å². The summed E-state index contributed by atoms with van der Waals surface area (Å²) in [6.45, 7) is 0. The van der Waals surface area contributed by atoms with Crippen LogP contribution in [0.15, 0.2) is 364 Å². The first-order valence-electron chi connectivity index (χ1n) is 34.9. The van der Waals surface area contributed by atoms with Crippen LogP contribution >= 0.6 is 22.7 Å². The van der Waals surface area contributed by atoms with Crippen molar-refractivity contribution in [3.8, 4) is 67.3 Å². The minimum Gasteiger partial charge on any atom is -0.309 e. The summed E-state index contributed by atoms with van der Waals surface area (Å²) in [5, 5.41) is 15.3. The monoisotopic (exact) mass is 1330 g/mol. The Kier molecular flexibility index (Phi) is 13.3. The number of rotatable bonds is 8. The predicted octanol–water partition coefficient (Wildman–Crippen LogP) is 27.2. The number of nitrogens with zero attached hydrogens (tertiary/aromatic N) is 4. The average molecular weight is 1330 g/mol. The fourth-order valence-corrected chi connectivity index (χ4v) is 18.8. The van der Waals surface area contributed by atoms with E-state index in [9.17, 15) is 0 Å². The zero-order chi connectivity index (χ0) is 66.9. The largest absolute Gasteiger partial charge is 0.309 e. The van der Waals surface area contributed by atoms with Crippen LogP contribution < -0.4 is 0 Å². The number of hydrogen-bond donors (Lipinski definition) is 0. The summed E-state index contributed by atoms with van der Waals surface area (Å²) in [4.78, 5) is 0. The number of thiophene rings is 2. The van der Waals surface area contributed by atoms with Crippen molar-refractivity contribution in [1.29, 1.82) is 0 Å². The van der Waals surface area contributed by atoms with Crippen LogP contribution in [0.5, 0.6) is 0 Å². The van der Waals surface area contributed by atoms with Crippen LogP contribution in [0.4, 0.5) is 0 Å². The molecule has 476 valence electrons. The second kappa shape index (κ2) is 23.4. The van der Waals surface area contributed by atoms with E-state index in [4.69, 9.17) is 0 Å². The van der Waals surface area contributed by atoms with Crippen LogP contribution in [0, 0.1) is 0 Å². The fraction of sp³-hybridized carbons (Fsp3) is 0. The molecule has 0 unspecified atom stereocenters. The number of para-hydroxylation sites is 5. The van der Waals surface area contributed by atoms with Crippen LogP contribution in [-0.2, 0) is 0 Å². The first-order valence-corrected chi connectivity index (χ1v) is 36.5. The number of aromatic nitrogens is 4. The Morgan fingerprint density at radius 3 is 1.08 bits per heavy atom. The second-order valence-electron chi connectivity index (χ2n) is 26.7. The molecule has 4 nitrogen and oxygen atoms in total. The maximum absolute atomic E-state index is 2.48. The van der Waals surface area contributed by atoms with Crippen molar-refractivity contribution in [3.05, 3.63) is 364 Å². The van der Waals surface area contributed by atoms with Crippen molar-refractivity contribution in [1.82, 2.24) is 18.3 Å². The molecule has 0 N–H and O–H groups in total. The van der Waals surface area contributed by atoms with Crippen LogP contribution in [0.25, 0.3) is 195 Å². The van der Waals surface area contributed by atoms with Gasteiger partial charge < -0.3 is 18.3 Å². The van der Waals surface area contributed by atoms with Crippen molar-refractivity contribution in [2.24, 2.45) is 0 Å². The summed E-state index contributed by atoms with van der Waals surface area (Å²) in [5.74, 6) is 0. The van der Waals surface area contributed by atoms with Crippen molar-refractivity contribution >= 4 is 150 Å². The van der Waals surface area contributed by atoms with Crippen LogP contribution in [0.1, 0.15) is 0 Å². The second-order valence-corrected chi connectivity index (χ2v) is 28.8. The summed E-state index contributed by atoms with van der Waals surface area (Å²) in [6.07, 6.45) is 0. The molecule has 6 heteroatoms. The lowest BCUT2D eigenvalue weighted by Gasteiger charge is -2.11. The Bertz CT molecular complexity index is 7120. The molecule has 0 amide bonds. The van der Waals surface area contributed by atoms with Gasteiger partial charge in [0, 0.05) is 95.8 Å². The number of benzene rings is 16. The molecule has 6 heterocycles. The molecule has 6 aromatic heterocycles. The third kappa shape index (κ3) is 9.20. The van der Waals surface area contributed by atoms with Gasteiger partial charge in [-0.25, -0.2) is 0 Å². The van der Waals surface area contributed by atoms with Gasteiger partial charge in [0.15, 0.2) is 0 Å². The molecule has 0 spiro atoms. The van der Waals surface area contributed by atoms with Gasteiger partial charge in [-0.1, -0.05) is 237 Å². The van der Waals surface area contributed by atoms with Crippen molar-refractivity contribution in [3.63, 3.8) is 0 Å². The molecular formula is C96H60N4S2. The van der Waals surface area contributed by atoms with Gasteiger partial charge in [0.1, 0.15) is 0 Å². The zero-order valence-corrected chi connectivity index (χ0v) is 56.9. The molecule has 0 aliphatic heterocycles. The molecule has 0 radical (unpaired) electrons. The number of hydrogen-bond acceptors (Lipinski definition) is 2. The molecule has 22 rings (SSSR count). The zero-order valence-electron chi connectivity index (χ0n) is 55.2. The lowest BCUT2D eigenvalue weighted by atomic mass is 10.0. The first kappa shape index (κ1) is 58.2. The van der Waals surface area contributed by atoms with Crippen molar-refractivity contribution < 1.29 is 0 Å². The van der Waals surface area contributed by atoms with Crippen LogP contribution in [0.3, 0.4) is 0 Å². The van der Waals surface area contributed by atoms with E-state index in [2.05, 4.69) is 382 Å². The molecule has 22 aromatic rings. The van der Waals surface area contributed by atoms with Gasteiger partial charge in [-0.15, -0.1) is 22.7 Å². The first-order chi connectivity index (χ1) is 50.6. The molecular weight excluding hydrogens is 1270 g/mol. The van der Waals surface area contributed by atoms with Gasteiger partial charge in [0.25, 0.3) is 0 Å². The molecule has 102 heavy (non-hydrogen) atoms. The summed E-state index contributed by atoms with van der Waals surface area (Å²) in [7, 11) is 0. The van der Waals surface area contributed by atoms with E-state index in [-0.39, 0.29) is 0 Å². The Balaban J connectivity index is 0.000000133. The number of fused-ring (bicyclic) bond motifs is 18. The van der Waals surface area contributed by atoms with E-state index in [1.807, 2.05) is 22.7 Å². The molecule has 0 aliphatic rings. The predicted molar refractivity (Wildman–Crippen MR) is 438 cm³/mol. The highest BCUT2D eigenvalue weighted by molar-refractivity contribution is 7.27. The van der Waals surface area contributed by atoms with Crippen molar-refractivity contribution in [2.75, 3.05) is 0 Å². The summed E-state index contributed by atoms with van der Waals surface area (Å²) >= 11 is 3.77. The SMILES string of the molecule is c1ccc(-c2cccc(-n3c4ccccc4c4cc(-c5ccc6c(c5)c5ccccc5n6-c5ccc6sc7ccccc7c6c5)ccc43)c2)cc1.c1ccc(-c2cccc3c2sc2c(-n4c5ccccc5c5cc(-c6ccc7c(c6)c6ccccc6n7-c6ccccc6)ccc54)cccc23)cc1. The standard InChI is InChI=1S/2C48H30N2S/c1-3-13-31(14-4-1)35-19-11-20-38-39-21-12-24-46(48(39)51-47(35)38)50-43-23-10-8-18-37(43)41-30-33(26-28-45(41)50)32-25-27-44-40(29-32)36-17-7-9-22-42(36)49(44)34-15-5-2-6-16-34;1-2-11-31(12-3-1)32-13-10-14-35(27-32)49-43-18-7-4-15-37(43)40-28-33(21-24-45(40)49)34-22-25-46-41(29-34)38-16-5-8-19-44(38)50(46)36-23-26-48-42(30-36)39-17-6-9-20-47(39)51-48/h2*1-30H. The van der Waals surface area contributed by atoms with E-state index in [0.29, 0.717) is 0 Å². The minimum absolute atomic E-state index is 1.16. The fourth-order valence-electron chi connectivity index (χ4n) is 16.4. The van der Waals surface area contributed by atoms with Gasteiger partial charge in [0.2, 0.25) is 0 Å². The van der Waals surface area contributed by atoms with Gasteiger partial charge >= 0.3 is 0 Å². The highest BCUT2D eigenvalue weighted by atomic mass is 32.1. The maximum Gasteiger partial charge on any atom is 0.0640 e. The normalized spacial score (nSPS) is 11.9. The summed E-state index contributed by atoms with van der Waals surface area (Å²) in [5.41, 5.74) is 24.3. The van der Waals surface area contributed by atoms with Gasteiger partial charge in [-0.2, -0.15) is 0 Å². The molecule has 0 saturated heterocycles. The third-order valence-electron chi connectivity index (χ3n) is 21.0. The maximum atomic E-state index is 2.48. The van der Waals surface area contributed by atoms with E-state index in [1.54, 1.807) is 0 Å². The highest BCUT2D eigenvalue weighted by Crippen LogP contribution is 2.47. The quantitative estimate of drug-likeness (QED) is 0.144. The molecule has 16 aromatic carbocycles.